The lowest BCUT2D eigenvalue weighted by Gasteiger charge is -2.22. The van der Waals surface area contributed by atoms with Crippen LogP contribution in [0.3, 0.4) is 0 Å². The monoisotopic (exact) mass is 231 g/mol. The third kappa shape index (κ3) is 3.40. The lowest BCUT2D eigenvalue weighted by atomic mass is 9.91. The van der Waals surface area contributed by atoms with Gasteiger partial charge >= 0.3 is 0 Å². The van der Waals surface area contributed by atoms with Gasteiger partial charge in [0.25, 0.3) is 0 Å². The average molecular weight is 231 g/mol. The van der Waals surface area contributed by atoms with Gasteiger partial charge in [0.15, 0.2) is 5.78 Å². The Morgan fingerprint density at radius 3 is 3.06 bits per heavy atom. The highest BCUT2D eigenvalue weighted by atomic mass is 16.1. The topological polar surface area (TPSA) is 29.1 Å². The van der Waals surface area contributed by atoms with Crippen LogP contribution in [0.2, 0.25) is 0 Å². The molecule has 1 aromatic carbocycles. The molecule has 0 saturated carbocycles. The number of hydrogen-bond donors (Lipinski definition) is 1. The molecule has 1 fully saturated rings. The van der Waals surface area contributed by atoms with E-state index in [1.54, 1.807) is 0 Å². The van der Waals surface area contributed by atoms with Crippen LogP contribution in [0.15, 0.2) is 24.3 Å². The van der Waals surface area contributed by atoms with E-state index in [9.17, 15) is 4.79 Å². The first-order chi connectivity index (χ1) is 8.29. The second kappa shape index (κ2) is 5.97. The molecule has 92 valence electrons. The molecule has 2 nitrogen and oxygen atoms in total. The van der Waals surface area contributed by atoms with E-state index in [1.165, 1.54) is 18.4 Å². The fraction of sp³-hybridized carbons (Fsp3) is 0.533. The highest BCUT2D eigenvalue weighted by Crippen LogP contribution is 2.18. The largest absolute Gasteiger partial charge is 0.316 e. The number of aryl methyl sites for hydroxylation is 1. The number of carbonyl (C=O) groups excluding carboxylic acids is 1. The van der Waals surface area contributed by atoms with Gasteiger partial charge in [0, 0.05) is 12.0 Å². The van der Waals surface area contributed by atoms with Crippen LogP contribution in [0.1, 0.15) is 42.1 Å². The van der Waals surface area contributed by atoms with E-state index in [-0.39, 0.29) is 0 Å². The molecule has 0 bridgehead atoms. The van der Waals surface area contributed by atoms with Gasteiger partial charge in [0.2, 0.25) is 0 Å². The van der Waals surface area contributed by atoms with Crippen LogP contribution < -0.4 is 5.32 Å². The van der Waals surface area contributed by atoms with Crippen molar-refractivity contribution in [3.8, 4) is 0 Å². The zero-order valence-corrected chi connectivity index (χ0v) is 10.5. The maximum absolute atomic E-state index is 12.2. The van der Waals surface area contributed by atoms with Gasteiger partial charge < -0.3 is 5.32 Å². The van der Waals surface area contributed by atoms with E-state index in [0.29, 0.717) is 18.1 Å². The summed E-state index contributed by atoms with van der Waals surface area (Å²) in [6.07, 6.45) is 4.07. The molecule has 1 aliphatic heterocycles. The summed E-state index contributed by atoms with van der Waals surface area (Å²) < 4.78 is 0. The summed E-state index contributed by atoms with van der Waals surface area (Å²) >= 11 is 0. The zero-order valence-electron chi connectivity index (χ0n) is 10.5. The number of carbonyl (C=O) groups is 1. The Morgan fingerprint density at radius 1 is 1.47 bits per heavy atom. The highest BCUT2D eigenvalue weighted by Gasteiger charge is 2.17. The first-order valence-electron chi connectivity index (χ1n) is 6.62. The predicted octanol–water partition coefficient (Wildman–Crippen LogP) is 2.82. The van der Waals surface area contributed by atoms with Crippen LogP contribution in [0.5, 0.6) is 0 Å². The van der Waals surface area contributed by atoms with Gasteiger partial charge in [0.05, 0.1) is 0 Å². The van der Waals surface area contributed by atoms with Gasteiger partial charge in [-0.15, -0.1) is 0 Å². The Labute approximate surface area is 103 Å². The minimum Gasteiger partial charge on any atom is -0.316 e. The summed E-state index contributed by atoms with van der Waals surface area (Å²) in [6, 6.07) is 8.06. The Morgan fingerprint density at radius 2 is 2.35 bits per heavy atom. The van der Waals surface area contributed by atoms with E-state index in [1.807, 2.05) is 18.2 Å². The minimum atomic E-state index is 0.300. The molecule has 0 amide bonds. The number of rotatable bonds is 4. The van der Waals surface area contributed by atoms with E-state index >= 15 is 0 Å². The summed E-state index contributed by atoms with van der Waals surface area (Å²) in [4.78, 5) is 12.2. The van der Waals surface area contributed by atoms with Crippen LogP contribution in [0.4, 0.5) is 0 Å². The van der Waals surface area contributed by atoms with Crippen molar-refractivity contribution in [2.75, 3.05) is 13.1 Å². The summed E-state index contributed by atoms with van der Waals surface area (Å²) in [5.74, 6) is 0.829. The Hall–Kier alpha value is -1.15. The molecule has 2 heteroatoms. The molecule has 2 rings (SSSR count). The summed E-state index contributed by atoms with van der Waals surface area (Å²) in [5.41, 5.74) is 2.13. The van der Waals surface area contributed by atoms with E-state index in [4.69, 9.17) is 0 Å². The average Bonchev–Trinajstić information content (AvgIpc) is 2.40. The van der Waals surface area contributed by atoms with Crippen LogP contribution in [-0.4, -0.2) is 18.9 Å². The standard InChI is InChI=1S/C15H21NO/c1-2-12-5-3-7-14(9-12)15(17)10-13-6-4-8-16-11-13/h3,5,7,9,13,16H,2,4,6,8,10-11H2,1H3. The summed E-state index contributed by atoms with van der Waals surface area (Å²) in [7, 11) is 0. The summed E-state index contributed by atoms with van der Waals surface area (Å²) in [5, 5.41) is 3.36. The Bertz CT molecular complexity index is 380. The van der Waals surface area contributed by atoms with Crippen LogP contribution in [0.25, 0.3) is 0 Å². The molecule has 1 atom stereocenters. The number of hydrogen-bond acceptors (Lipinski definition) is 2. The molecule has 17 heavy (non-hydrogen) atoms. The molecule has 1 saturated heterocycles. The van der Waals surface area contributed by atoms with Gasteiger partial charge in [-0.05, 0) is 49.9 Å². The molecule has 1 N–H and O–H groups in total. The fourth-order valence-electron chi connectivity index (χ4n) is 2.44. The third-order valence-electron chi connectivity index (χ3n) is 3.53. The minimum absolute atomic E-state index is 0.300. The first-order valence-corrected chi connectivity index (χ1v) is 6.62. The van der Waals surface area contributed by atoms with Gasteiger partial charge in [0.1, 0.15) is 0 Å². The van der Waals surface area contributed by atoms with E-state index in [0.717, 1.165) is 25.1 Å². The van der Waals surface area contributed by atoms with E-state index in [2.05, 4.69) is 18.3 Å². The van der Waals surface area contributed by atoms with Crippen molar-refractivity contribution in [2.45, 2.75) is 32.6 Å². The molecule has 0 spiro atoms. The zero-order chi connectivity index (χ0) is 12.1. The van der Waals surface area contributed by atoms with Crippen molar-refractivity contribution in [2.24, 2.45) is 5.92 Å². The molecule has 1 aliphatic rings. The Balaban J connectivity index is 1.98. The maximum Gasteiger partial charge on any atom is 0.163 e. The number of piperidine rings is 1. The number of Topliss-reactive ketones (excluding diaryl/α,β-unsaturated/α-hetero) is 1. The number of benzene rings is 1. The predicted molar refractivity (Wildman–Crippen MR) is 70.4 cm³/mol. The Kier molecular flexibility index (Phi) is 4.32. The smallest absolute Gasteiger partial charge is 0.163 e. The van der Waals surface area contributed by atoms with Crippen molar-refractivity contribution in [1.82, 2.24) is 5.32 Å². The van der Waals surface area contributed by atoms with Crippen LogP contribution >= 0.6 is 0 Å². The lowest BCUT2D eigenvalue weighted by Crippen LogP contribution is -2.31. The van der Waals surface area contributed by atoms with Gasteiger partial charge in [-0.2, -0.15) is 0 Å². The van der Waals surface area contributed by atoms with Crippen LogP contribution in [0, 0.1) is 5.92 Å². The molecule has 1 heterocycles. The SMILES string of the molecule is CCc1cccc(C(=O)CC2CCCNC2)c1. The third-order valence-corrected chi connectivity index (χ3v) is 3.53. The highest BCUT2D eigenvalue weighted by molar-refractivity contribution is 5.96. The molecular formula is C15H21NO. The quantitative estimate of drug-likeness (QED) is 0.807. The molecular weight excluding hydrogens is 210 g/mol. The normalized spacial score (nSPS) is 20.2. The van der Waals surface area contributed by atoms with Crippen molar-refractivity contribution < 1.29 is 4.79 Å². The molecule has 0 aromatic heterocycles. The molecule has 0 radical (unpaired) electrons. The first kappa shape index (κ1) is 12.3. The summed E-state index contributed by atoms with van der Waals surface area (Å²) in [6.45, 7) is 4.23. The fourth-order valence-corrected chi connectivity index (χ4v) is 2.44. The van der Waals surface area contributed by atoms with Crippen molar-refractivity contribution in [1.29, 1.82) is 0 Å². The van der Waals surface area contributed by atoms with Gasteiger partial charge in [-0.25, -0.2) is 0 Å². The maximum atomic E-state index is 12.2. The van der Waals surface area contributed by atoms with Crippen LogP contribution in [-0.2, 0) is 6.42 Å². The van der Waals surface area contributed by atoms with Crippen molar-refractivity contribution in [3.63, 3.8) is 0 Å². The van der Waals surface area contributed by atoms with Gasteiger partial charge in [-0.3, -0.25) is 4.79 Å². The molecule has 0 aliphatic carbocycles. The second-order valence-corrected chi connectivity index (χ2v) is 4.89. The van der Waals surface area contributed by atoms with Crippen molar-refractivity contribution >= 4 is 5.78 Å². The van der Waals surface area contributed by atoms with Crippen molar-refractivity contribution in [3.05, 3.63) is 35.4 Å². The number of nitrogens with one attached hydrogen (secondary N) is 1. The second-order valence-electron chi connectivity index (χ2n) is 4.89. The van der Waals surface area contributed by atoms with Gasteiger partial charge in [-0.1, -0.05) is 25.1 Å². The lowest BCUT2D eigenvalue weighted by molar-refractivity contribution is 0.0953. The van der Waals surface area contributed by atoms with E-state index < -0.39 is 0 Å². The number of ketones is 1. The molecule has 1 aromatic rings. The molecule has 1 unspecified atom stereocenters.